The van der Waals surface area contributed by atoms with Gasteiger partial charge in [-0.3, -0.25) is 9.59 Å². The number of esters is 1. The van der Waals surface area contributed by atoms with Crippen molar-refractivity contribution in [3.8, 4) is 10.4 Å². The van der Waals surface area contributed by atoms with Crippen LogP contribution in [0, 0.1) is 0 Å². The predicted octanol–water partition coefficient (Wildman–Crippen LogP) is 5.02. The van der Waals surface area contributed by atoms with E-state index in [1.54, 1.807) is 30.3 Å². The number of carbonyl (C=O) groups excluding carboxylic acids is 2. The topological polar surface area (TPSA) is 43.4 Å². The second kappa shape index (κ2) is 7.64. The van der Waals surface area contributed by atoms with Crippen molar-refractivity contribution in [3.63, 3.8) is 0 Å². The minimum atomic E-state index is -0.336. The number of ketones is 1. The molecule has 126 valence electrons. The molecule has 1 heterocycles. The van der Waals surface area contributed by atoms with Crippen molar-refractivity contribution in [2.24, 2.45) is 0 Å². The summed E-state index contributed by atoms with van der Waals surface area (Å²) in [4.78, 5) is 26.0. The summed E-state index contributed by atoms with van der Waals surface area (Å²) >= 11 is 7.36. The molecule has 5 heteroatoms. The van der Waals surface area contributed by atoms with Crippen molar-refractivity contribution in [2.45, 2.75) is 6.42 Å². The van der Waals surface area contributed by atoms with Gasteiger partial charge in [0.05, 0.1) is 18.4 Å². The molecule has 3 nitrogen and oxygen atoms in total. The first-order chi connectivity index (χ1) is 12.1. The zero-order valence-electron chi connectivity index (χ0n) is 13.5. The summed E-state index contributed by atoms with van der Waals surface area (Å²) in [6.45, 7) is 0. The van der Waals surface area contributed by atoms with Crippen molar-refractivity contribution < 1.29 is 14.3 Å². The Hall–Kier alpha value is -2.43. The number of benzene rings is 2. The number of halogens is 1. The molecule has 0 saturated carbocycles. The molecule has 0 spiro atoms. The maximum Gasteiger partial charge on any atom is 0.310 e. The first kappa shape index (κ1) is 17.4. The van der Waals surface area contributed by atoms with E-state index in [2.05, 4.69) is 0 Å². The lowest BCUT2D eigenvalue weighted by Gasteiger charge is -2.02. The molecule has 3 rings (SSSR count). The second-order valence-corrected chi connectivity index (χ2v) is 6.91. The average molecular weight is 371 g/mol. The monoisotopic (exact) mass is 370 g/mol. The van der Waals surface area contributed by atoms with Gasteiger partial charge in [-0.1, -0.05) is 54.1 Å². The number of methoxy groups -OCH3 is 1. The van der Waals surface area contributed by atoms with Gasteiger partial charge < -0.3 is 4.74 Å². The zero-order valence-corrected chi connectivity index (χ0v) is 15.1. The van der Waals surface area contributed by atoms with Crippen LogP contribution in [0.5, 0.6) is 0 Å². The third-order valence-corrected chi connectivity index (χ3v) is 5.18. The fourth-order valence-electron chi connectivity index (χ4n) is 2.51. The van der Waals surface area contributed by atoms with E-state index in [1.165, 1.54) is 18.4 Å². The van der Waals surface area contributed by atoms with E-state index in [0.29, 0.717) is 15.5 Å². The number of ether oxygens (including phenoxy) is 1. The molecule has 0 aliphatic carbocycles. The van der Waals surface area contributed by atoms with Crippen LogP contribution in [-0.4, -0.2) is 18.9 Å². The molecule has 0 unspecified atom stereocenters. The Balaban J connectivity index is 2.03. The van der Waals surface area contributed by atoms with Gasteiger partial charge in [0.1, 0.15) is 0 Å². The Bertz CT molecular complexity index is 916. The number of carbonyl (C=O) groups is 2. The van der Waals surface area contributed by atoms with Gasteiger partial charge in [0.25, 0.3) is 0 Å². The highest BCUT2D eigenvalue weighted by atomic mass is 35.5. The third-order valence-electron chi connectivity index (χ3n) is 3.72. The molecule has 3 aromatic rings. The van der Waals surface area contributed by atoms with Crippen molar-refractivity contribution >= 4 is 34.7 Å². The first-order valence-corrected chi connectivity index (χ1v) is 8.83. The molecule has 2 aromatic carbocycles. The summed E-state index contributed by atoms with van der Waals surface area (Å²) in [5.74, 6) is -0.447. The minimum absolute atomic E-state index is 0.110. The number of hydrogen-bond acceptors (Lipinski definition) is 4. The van der Waals surface area contributed by atoms with E-state index in [9.17, 15) is 9.59 Å². The average Bonchev–Trinajstić information content (AvgIpc) is 3.05. The molecule has 0 N–H and O–H groups in total. The highest BCUT2D eigenvalue weighted by molar-refractivity contribution is 7.17. The molecular formula is C20H15ClO3S. The van der Waals surface area contributed by atoms with Gasteiger partial charge in [0, 0.05) is 15.5 Å². The van der Waals surface area contributed by atoms with Crippen LogP contribution in [0.15, 0.2) is 60.7 Å². The normalized spacial score (nSPS) is 10.5. The van der Waals surface area contributed by atoms with E-state index in [1.807, 2.05) is 30.3 Å². The van der Waals surface area contributed by atoms with Crippen molar-refractivity contribution in [1.29, 1.82) is 0 Å². The van der Waals surface area contributed by atoms with E-state index in [4.69, 9.17) is 16.3 Å². The first-order valence-electron chi connectivity index (χ1n) is 7.63. The summed E-state index contributed by atoms with van der Waals surface area (Å²) in [5.41, 5.74) is 2.28. The smallest absolute Gasteiger partial charge is 0.310 e. The molecule has 0 saturated heterocycles. The van der Waals surface area contributed by atoms with Crippen molar-refractivity contribution in [3.05, 3.63) is 81.7 Å². The van der Waals surface area contributed by atoms with Gasteiger partial charge in [-0.2, -0.15) is 0 Å². The Morgan fingerprint density at radius 1 is 1.04 bits per heavy atom. The summed E-state index contributed by atoms with van der Waals surface area (Å²) in [6.07, 6.45) is 0.125. The number of thiophene rings is 1. The molecule has 1 aromatic heterocycles. The Morgan fingerprint density at radius 2 is 1.80 bits per heavy atom. The SMILES string of the molecule is COC(=O)Cc1cc(C(=O)c2cccc(Cl)c2)sc1-c1ccccc1. The number of hydrogen-bond donors (Lipinski definition) is 0. The maximum absolute atomic E-state index is 12.8. The molecule has 25 heavy (non-hydrogen) atoms. The zero-order chi connectivity index (χ0) is 17.8. The summed E-state index contributed by atoms with van der Waals surface area (Å²) in [7, 11) is 1.36. The van der Waals surface area contributed by atoms with Crippen LogP contribution in [0.4, 0.5) is 0 Å². The van der Waals surface area contributed by atoms with Crippen LogP contribution < -0.4 is 0 Å². The van der Waals surface area contributed by atoms with Gasteiger partial charge in [0.2, 0.25) is 5.78 Å². The lowest BCUT2D eigenvalue weighted by molar-refractivity contribution is -0.139. The highest BCUT2D eigenvalue weighted by Gasteiger charge is 2.19. The van der Waals surface area contributed by atoms with Gasteiger partial charge >= 0.3 is 5.97 Å². The summed E-state index contributed by atoms with van der Waals surface area (Å²) in [5, 5.41) is 0.514. The third kappa shape index (κ3) is 3.98. The van der Waals surface area contributed by atoms with Gasteiger partial charge in [-0.15, -0.1) is 11.3 Å². The van der Waals surface area contributed by atoms with Crippen LogP contribution in [-0.2, 0) is 16.0 Å². The maximum atomic E-state index is 12.8. The molecular weight excluding hydrogens is 356 g/mol. The molecule has 0 atom stereocenters. The van der Waals surface area contributed by atoms with Crippen LogP contribution in [0.2, 0.25) is 5.02 Å². The van der Waals surface area contributed by atoms with E-state index < -0.39 is 0 Å². The molecule has 0 bridgehead atoms. The predicted molar refractivity (Wildman–Crippen MR) is 100 cm³/mol. The van der Waals surface area contributed by atoms with Crippen LogP contribution in [0.25, 0.3) is 10.4 Å². The summed E-state index contributed by atoms with van der Waals surface area (Å²) < 4.78 is 4.78. The minimum Gasteiger partial charge on any atom is -0.469 e. The Labute approximate surface area is 154 Å². The van der Waals surface area contributed by atoms with Gasteiger partial charge in [0.15, 0.2) is 0 Å². The van der Waals surface area contributed by atoms with E-state index in [0.717, 1.165) is 16.0 Å². The molecule has 0 radical (unpaired) electrons. The van der Waals surface area contributed by atoms with Gasteiger partial charge in [-0.25, -0.2) is 0 Å². The van der Waals surface area contributed by atoms with Crippen LogP contribution in [0.1, 0.15) is 20.8 Å². The van der Waals surface area contributed by atoms with Crippen LogP contribution >= 0.6 is 22.9 Å². The Kier molecular flexibility index (Phi) is 5.31. The quantitative estimate of drug-likeness (QED) is 0.468. The fourth-order valence-corrected chi connectivity index (χ4v) is 3.84. The summed E-state index contributed by atoms with van der Waals surface area (Å²) in [6, 6.07) is 18.3. The van der Waals surface area contributed by atoms with E-state index in [-0.39, 0.29) is 18.2 Å². The molecule has 0 aliphatic heterocycles. The Morgan fingerprint density at radius 3 is 2.48 bits per heavy atom. The van der Waals surface area contributed by atoms with Crippen molar-refractivity contribution in [2.75, 3.05) is 7.11 Å². The lowest BCUT2D eigenvalue weighted by atomic mass is 10.1. The van der Waals surface area contributed by atoms with Crippen molar-refractivity contribution in [1.82, 2.24) is 0 Å². The molecule has 0 fully saturated rings. The van der Waals surface area contributed by atoms with E-state index >= 15 is 0 Å². The molecule has 0 amide bonds. The van der Waals surface area contributed by atoms with Crippen LogP contribution in [0.3, 0.4) is 0 Å². The largest absolute Gasteiger partial charge is 0.469 e. The number of rotatable bonds is 5. The lowest BCUT2D eigenvalue weighted by Crippen LogP contribution is -2.04. The standard InChI is InChI=1S/C20H15ClO3S/c1-24-18(22)12-15-11-17(19(23)14-8-5-9-16(21)10-14)25-20(15)13-6-3-2-4-7-13/h2-11H,12H2,1H3. The second-order valence-electron chi connectivity index (χ2n) is 5.42. The van der Waals surface area contributed by atoms with Gasteiger partial charge in [-0.05, 0) is 29.3 Å². The fraction of sp³-hybridized carbons (Fsp3) is 0.100. The molecule has 0 aliphatic rings. The highest BCUT2D eigenvalue weighted by Crippen LogP contribution is 2.34.